The first-order valence-electron chi connectivity index (χ1n) is 4.62. The standard InChI is InChI=1S/C11H13NO/c12-11-4-3-9-2-1-8(7-13)5-10(9)6-11/h1-2,5,7,11H,3-4,6,12H2/t11-/m0/s1. The first-order chi connectivity index (χ1) is 6.29. The number of nitrogens with two attached hydrogens (primary N) is 1. The smallest absolute Gasteiger partial charge is 0.150 e. The third-order valence-electron chi connectivity index (χ3n) is 2.63. The lowest BCUT2D eigenvalue weighted by Crippen LogP contribution is -2.27. The molecule has 0 bridgehead atoms. The Bertz CT molecular complexity index is 333. The highest BCUT2D eigenvalue weighted by atomic mass is 16.1. The van der Waals surface area contributed by atoms with Crippen LogP contribution in [0.5, 0.6) is 0 Å². The predicted molar refractivity (Wildman–Crippen MR) is 51.8 cm³/mol. The summed E-state index contributed by atoms with van der Waals surface area (Å²) in [7, 11) is 0. The van der Waals surface area contributed by atoms with E-state index < -0.39 is 0 Å². The van der Waals surface area contributed by atoms with Crippen LogP contribution < -0.4 is 5.73 Å². The van der Waals surface area contributed by atoms with Gasteiger partial charge in [0.1, 0.15) is 6.29 Å². The second kappa shape index (κ2) is 3.30. The zero-order valence-electron chi connectivity index (χ0n) is 7.49. The van der Waals surface area contributed by atoms with E-state index in [2.05, 4.69) is 0 Å². The molecule has 2 N–H and O–H groups in total. The molecule has 1 aliphatic carbocycles. The summed E-state index contributed by atoms with van der Waals surface area (Å²) < 4.78 is 0. The first kappa shape index (κ1) is 8.45. The lowest BCUT2D eigenvalue weighted by Gasteiger charge is -2.21. The third kappa shape index (κ3) is 1.63. The lowest BCUT2D eigenvalue weighted by atomic mass is 9.88. The monoisotopic (exact) mass is 175 g/mol. The number of aldehydes is 1. The topological polar surface area (TPSA) is 43.1 Å². The second-order valence-corrected chi connectivity index (χ2v) is 3.65. The average Bonchev–Trinajstić information content (AvgIpc) is 2.16. The van der Waals surface area contributed by atoms with Crippen molar-refractivity contribution in [1.82, 2.24) is 0 Å². The molecular weight excluding hydrogens is 162 g/mol. The number of aryl methyl sites for hydroxylation is 1. The average molecular weight is 175 g/mol. The number of hydrogen-bond donors (Lipinski definition) is 1. The van der Waals surface area contributed by atoms with Gasteiger partial charge in [-0.25, -0.2) is 0 Å². The van der Waals surface area contributed by atoms with Crippen molar-refractivity contribution in [2.45, 2.75) is 25.3 Å². The van der Waals surface area contributed by atoms with Crippen molar-refractivity contribution < 1.29 is 4.79 Å². The van der Waals surface area contributed by atoms with Crippen LogP contribution in [0.25, 0.3) is 0 Å². The van der Waals surface area contributed by atoms with Crippen molar-refractivity contribution in [3.8, 4) is 0 Å². The van der Waals surface area contributed by atoms with Gasteiger partial charge in [-0.05, 0) is 36.5 Å². The minimum absolute atomic E-state index is 0.273. The normalized spacial score (nSPS) is 20.8. The molecule has 1 aromatic carbocycles. The summed E-state index contributed by atoms with van der Waals surface area (Å²) in [5.41, 5.74) is 9.22. The van der Waals surface area contributed by atoms with E-state index in [1.165, 1.54) is 11.1 Å². The van der Waals surface area contributed by atoms with Crippen molar-refractivity contribution in [3.63, 3.8) is 0 Å². The van der Waals surface area contributed by atoms with Gasteiger partial charge in [-0.2, -0.15) is 0 Å². The van der Waals surface area contributed by atoms with Gasteiger partial charge >= 0.3 is 0 Å². The maximum Gasteiger partial charge on any atom is 0.150 e. The van der Waals surface area contributed by atoms with Gasteiger partial charge in [0.25, 0.3) is 0 Å². The molecule has 0 unspecified atom stereocenters. The molecule has 0 aliphatic heterocycles. The Kier molecular flexibility index (Phi) is 2.15. The summed E-state index contributed by atoms with van der Waals surface area (Å²) in [5.74, 6) is 0. The fraction of sp³-hybridized carbons (Fsp3) is 0.364. The molecule has 0 fully saturated rings. The molecule has 0 radical (unpaired) electrons. The first-order valence-corrected chi connectivity index (χ1v) is 4.62. The molecular formula is C11H13NO. The van der Waals surface area contributed by atoms with E-state index in [4.69, 9.17) is 5.73 Å². The molecule has 0 saturated carbocycles. The highest BCUT2D eigenvalue weighted by Crippen LogP contribution is 2.21. The zero-order chi connectivity index (χ0) is 9.26. The summed E-state index contributed by atoms with van der Waals surface area (Å²) in [6, 6.07) is 6.16. The molecule has 0 amide bonds. The van der Waals surface area contributed by atoms with Crippen LogP contribution in [0.15, 0.2) is 18.2 Å². The second-order valence-electron chi connectivity index (χ2n) is 3.65. The lowest BCUT2D eigenvalue weighted by molar-refractivity contribution is 0.112. The van der Waals surface area contributed by atoms with Crippen molar-refractivity contribution in [3.05, 3.63) is 34.9 Å². The van der Waals surface area contributed by atoms with Gasteiger partial charge in [-0.3, -0.25) is 4.79 Å². The van der Waals surface area contributed by atoms with Gasteiger partial charge in [0.05, 0.1) is 0 Å². The SMILES string of the molecule is N[C@H]1CCc2ccc(C=O)cc2C1. The summed E-state index contributed by atoms with van der Waals surface area (Å²) in [5, 5.41) is 0. The summed E-state index contributed by atoms with van der Waals surface area (Å²) in [6.45, 7) is 0. The van der Waals surface area contributed by atoms with Crippen LogP contribution in [0.3, 0.4) is 0 Å². The van der Waals surface area contributed by atoms with Crippen molar-refractivity contribution in [1.29, 1.82) is 0 Å². The van der Waals surface area contributed by atoms with E-state index in [0.29, 0.717) is 0 Å². The van der Waals surface area contributed by atoms with Crippen LogP contribution in [-0.4, -0.2) is 12.3 Å². The maximum absolute atomic E-state index is 10.5. The van der Waals surface area contributed by atoms with Crippen LogP contribution in [0.1, 0.15) is 27.9 Å². The third-order valence-corrected chi connectivity index (χ3v) is 2.63. The molecule has 2 rings (SSSR count). The molecule has 1 aromatic rings. The summed E-state index contributed by atoms with van der Waals surface area (Å²) >= 11 is 0. The van der Waals surface area contributed by atoms with Gasteiger partial charge in [0.15, 0.2) is 0 Å². The Labute approximate surface area is 77.8 Å². The maximum atomic E-state index is 10.5. The van der Waals surface area contributed by atoms with Gasteiger partial charge in [0.2, 0.25) is 0 Å². The van der Waals surface area contributed by atoms with Crippen LogP contribution in [-0.2, 0) is 12.8 Å². The molecule has 0 saturated heterocycles. The fourth-order valence-corrected chi connectivity index (χ4v) is 1.88. The molecule has 1 atom stereocenters. The molecule has 0 heterocycles. The highest BCUT2D eigenvalue weighted by molar-refractivity contribution is 5.75. The molecule has 1 aliphatic rings. The van der Waals surface area contributed by atoms with Crippen LogP contribution in [0, 0.1) is 0 Å². The molecule has 68 valence electrons. The molecule has 0 aromatic heterocycles. The number of carbonyl (C=O) groups is 1. The summed E-state index contributed by atoms with van der Waals surface area (Å²) in [6.07, 6.45) is 3.92. The summed E-state index contributed by atoms with van der Waals surface area (Å²) in [4.78, 5) is 10.5. The van der Waals surface area contributed by atoms with Gasteiger partial charge in [0, 0.05) is 11.6 Å². The minimum Gasteiger partial charge on any atom is -0.327 e. The van der Waals surface area contributed by atoms with E-state index in [9.17, 15) is 4.79 Å². The van der Waals surface area contributed by atoms with E-state index in [1.807, 2.05) is 18.2 Å². The van der Waals surface area contributed by atoms with Crippen LogP contribution >= 0.6 is 0 Å². The molecule has 0 spiro atoms. The molecule has 13 heavy (non-hydrogen) atoms. The number of rotatable bonds is 1. The largest absolute Gasteiger partial charge is 0.327 e. The quantitative estimate of drug-likeness (QED) is 0.654. The molecule has 2 heteroatoms. The predicted octanol–water partition coefficient (Wildman–Crippen LogP) is 1.32. The van der Waals surface area contributed by atoms with Gasteiger partial charge in [-0.1, -0.05) is 12.1 Å². The van der Waals surface area contributed by atoms with E-state index in [-0.39, 0.29) is 6.04 Å². The number of fused-ring (bicyclic) bond motifs is 1. The Morgan fingerprint density at radius 3 is 3.00 bits per heavy atom. The number of hydrogen-bond acceptors (Lipinski definition) is 2. The Hall–Kier alpha value is -1.15. The van der Waals surface area contributed by atoms with Crippen molar-refractivity contribution >= 4 is 6.29 Å². The van der Waals surface area contributed by atoms with E-state index in [1.54, 1.807) is 0 Å². The zero-order valence-corrected chi connectivity index (χ0v) is 7.49. The van der Waals surface area contributed by atoms with E-state index >= 15 is 0 Å². The van der Waals surface area contributed by atoms with E-state index in [0.717, 1.165) is 31.1 Å². The highest BCUT2D eigenvalue weighted by Gasteiger charge is 2.14. The minimum atomic E-state index is 0.273. The van der Waals surface area contributed by atoms with Crippen LogP contribution in [0.2, 0.25) is 0 Å². The van der Waals surface area contributed by atoms with Gasteiger partial charge in [-0.15, -0.1) is 0 Å². The molecule has 2 nitrogen and oxygen atoms in total. The Morgan fingerprint density at radius 2 is 2.23 bits per heavy atom. The van der Waals surface area contributed by atoms with Crippen molar-refractivity contribution in [2.24, 2.45) is 5.73 Å². The Balaban J connectivity index is 2.38. The fourth-order valence-electron chi connectivity index (χ4n) is 1.88. The Morgan fingerprint density at radius 1 is 1.38 bits per heavy atom. The number of carbonyl (C=O) groups excluding carboxylic acids is 1. The van der Waals surface area contributed by atoms with Crippen LogP contribution in [0.4, 0.5) is 0 Å². The van der Waals surface area contributed by atoms with Crippen molar-refractivity contribution in [2.75, 3.05) is 0 Å². The van der Waals surface area contributed by atoms with Gasteiger partial charge < -0.3 is 5.73 Å². The number of benzene rings is 1.